The van der Waals surface area contributed by atoms with Gasteiger partial charge in [0.2, 0.25) is 0 Å². The molecule has 0 saturated heterocycles. The molecule has 7 N–H and O–H groups in total. The lowest BCUT2D eigenvalue weighted by Gasteiger charge is -2.17. The van der Waals surface area contributed by atoms with E-state index in [4.69, 9.17) is 11.6 Å². The van der Waals surface area contributed by atoms with Crippen molar-refractivity contribution in [2.45, 2.75) is 18.6 Å². The van der Waals surface area contributed by atoms with Crippen LogP contribution < -0.4 is 17.0 Å². The summed E-state index contributed by atoms with van der Waals surface area (Å²) in [6.07, 6.45) is -1.90. The zero-order valence-corrected chi connectivity index (χ0v) is 8.73. The molecule has 1 rings (SSSR count). The van der Waals surface area contributed by atoms with Crippen LogP contribution in [0.15, 0.2) is 18.2 Å². The van der Waals surface area contributed by atoms with E-state index in [0.717, 1.165) is 6.07 Å². The van der Waals surface area contributed by atoms with Crippen molar-refractivity contribution in [3.05, 3.63) is 29.6 Å². The second kappa shape index (κ2) is 5.76. The predicted octanol–water partition coefficient (Wildman–Crippen LogP) is -0.146. The fourth-order valence-electron chi connectivity index (χ4n) is 1.38. The molecule has 0 bridgehead atoms. The number of nitrogens with one attached hydrogen (secondary N) is 1. The van der Waals surface area contributed by atoms with Crippen molar-refractivity contribution in [1.29, 1.82) is 0 Å². The van der Waals surface area contributed by atoms with Crippen LogP contribution in [0, 0.1) is 5.82 Å². The third kappa shape index (κ3) is 2.89. The van der Waals surface area contributed by atoms with E-state index >= 15 is 0 Å². The number of hydrogen-bond donors (Lipinski definition) is 5. The summed E-state index contributed by atoms with van der Waals surface area (Å²) in [5, 5.41) is 19.2. The maximum absolute atomic E-state index is 13.3. The number of nitrogens with two attached hydrogens (primary N) is 2. The highest BCUT2D eigenvalue weighted by atomic mass is 19.1. The molecule has 90 valence electrons. The fourth-order valence-corrected chi connectivity index (χ4v) is 1.38. The van der Waals surface area contributed by atoms with Gasteiger partial charge >= 0.3 is 0 Å². The van der Waals surface area contributed by atoms with E-state index in [9.17, 15) is 14.6 Å². The van der Waals surface area contributed by atoms with Crippen molar-refractivity contribution in [3.8, 4) is 0 Å². The summed E-state index contributed by atoms with van der Waals surface area (Å²) in [6, 6.07) is 4.01. The molecular formula is C10H16FN3O2. The van der Waals surface area contributed by atoms with E-state index in [-0.39, 0.29) is 24.2 Å². The highest BCUT2D eigenvalue weighted by Gasteiger charge is 2.18. The van der Waals surface area contributed by atoms with E-state index in [1.54, 1.807) is 0 Å². The summed E-state index contributed by atoms with van der Waals surface area (Å²) >= 11 is 0. The molecular weight excluding hydrogens is 213 g/mol. The molecule has 16 heavy (non-hydrogen) atoms. The molecule has 0 radical (unpaired) electrons. The van der Waals surface area contributed by atoms with Crippen molar-refractivity contribution < 1.29 is 14.6 Å². The Bertz CT molecular complexity index is 349. The fraction of sp³-hybridized carbons (Fsp3) is 0.400. The molecule has 1 aromatic rings. The van der Waals surface area contributed by atoms with Crippen molar-refractivity contribution in [2.24, 2.45) is 11.6 Å². The Labute approximate surface area is 92.8 Å². The number of nitrogen functional groups attached to an aromatic ring is 1. The lowest BCUT2D eigenvalue weighted by Crippen LogP contribution is -2.22. The summed E-state index contributed by atoms with van der Waals surface area (Å²) in [5.74, 6) is 4.48. The molecule has 0 heterocycles. The van der Waals surface area contributed by atoms with Crippen LogP contribution in [0.4, 0.5) is 10.1 Å². The summed E-state index contributed by atoms with van der Waals surface area (Å²) in [4.78, 5) is 0. The first-order valence-corrected chi connectivity index (χ1v) is 4.92. The minimum atomic E-state index is -1.15. The van der Waals surface area contributed by atoms with E-state index in [1.165, 1.54) is 12.1 Å². The standard InChI is InChI=1S/C10H16FN3O2/c11-7-5-6(1-2-8(7)14-13)10(16)9(15)3-4-12/h1-2,5,9-10,14-16H,3-4,12-13H2. The van der Waals surface area contributed by atoms with Gasteiger partial charge in [-0.3, -0.25) is 5.84 Å². The molecule has 0 aliphatic rings. The number of aliphatic hydroxyl groups excluding tert-OH is 2. The van der Waals surface area contributed by atoms with Gasteiger partial charge in [-0.25, -0.2) is 4.39 Å². The number of anilines is 1. The average Bonchev–Trinajstić information content (AvgIpc) is 2.28. The van der Waals surface area contributed by atoms with Crippen LogP contribution >= 0.6 is 0 Å². The van der Waals surface area contributed by atoms with Crippen LogP contribution in [0.5, 0.6) is 0 Å². The molecule has 6 heteroatoms. The Morgan fingerprint density at radius 1 is 1.38 bits per heavy atom. The van der Waals surface area contributed by atoms with E-state index in [2.05, 4.69) is 5.43 Å². The molecule has 0 aliphatic carbocycles. The van der Waals surface area contributed by atoms with Gasteiger partial charge in [-0.2, -0.15) is 0 Å². The average molecular weight is 229 g/mol. The van der Waals surface area contributed by atoms with Gasteiger partial charge < -0.3 is 21.4 Å². The number of halogens is 1. The summed E-state index contributed by atoms with van der Waals surface area (Å²) in [5.41, 5.74) is 7.84. The van der Waals surface area contributed by atoms with Gasteiger partial charge in [0.25, 0.3) is 0 Å². The van der Waals surface area contributed by atoms with Crippen LogP contribution in [-0.4, -0.2) is 22.9 Å². The molecule has 0 aromatic heterocycles. The van der Waals surface area contributed by atoms with Crippen molar-refractivity contribution in [1.82, 2.24) is 0 Å². The predicted molar refractivity (Wildman–Crippen MR) is 58.8 cm³/mol. The number of rotatable bonds is 5. The molecule has 1 aromatic carbocycles. The second-order valence-electron chi connectivity index (χ2n) is 3.47. The van der Waals surface area contributed by atoms with Gasteiger partial charge in [-0.05, 0) is 30.7 Å². The zero-order valence-electron chi connectivity index (χ0n) is 8.73. The maximum Gasteiger partial charge on any atom is 0.147 e. The van der Waals surface area contributed by atoms with Crippen LogP contribution in [0.1, 0.15) is 18.1 Å². The highest BCUT2D eigenvalue weighted by Crippen LogP contribution is 2.22. The number of aliphatic hydroxyl groups is 2. The monoisotopic (exact) mass is 229 g/mol. The molecule has 0 amide bonds. The Morgan fingerprint density at radius 3 is 2.56 bits per heavy atom. The number of hydrogen-bond acceptors (Lipinski definition) is 5. The first-order chi connectivity index (χ1) is 7.60. The second-order valence-corrected chi connectivity index (χ2v) is 3.47. The number of benzene rings is 1. The van der Waals surface area contributed by atoms with Crippen molar-refractivity contribution in [3.63, 3.8) is 0 Å². The van der Waals surface area contributed by atoms with E-state index in [0.29, 0.717) is 0 Å². The SMILES string of the molecule is NCCC(O)C(O)c1ccc(NN)c(F)c1. The van der Waals surface area contributed by atoms with Crippen LogP contribution in [0.2, 0.25) is 0 Å². The zero-order chi connectivity index (χ0) is 12.1. The Morgan fingerprint density at radius 2 is 2.06 bits per heavy atom. The minimum absolute atomic E-state index is 0.129. The molecule has 2 atom stereocenters. The molecule has 5 nitrogen and oxygen atoms in total. The topological polar surface area (TPSA) is 105 Å². The van der Waals surface area contributed by atoms with Gasteiger partial charge in [0.05, 0.1) is 11.8 Å². The van der Waals surface area contributed by atoms with Crippen LogP contribution in [0.3, 0.4) is 0 Å². The van der Waals surface area contributed by atoms with Crippen LogP contribution in [-0.2, 0) is 0 Å². The summed E-state index contributed by atoms with van der Waals surface area (Å²) in [6.45, 7) is 0.253. The lowest BCUT2D eigenvalue weighted by molar-refractivity contribution is 0.0149. The van der Waals surface area contributed by atoms with Gasteiger partial charge in [0.1, 0.15) is 11.9 Å². The highest BCUT2D eigenvalue weighted by molar-refractivity contribution is 5.45. The van der Waals surface area contributed by atoms with Crippen molar-refractivity contribution in [2.75, 3.05) is 12.0 Å². The quantitative estimate of drug-likeness (QED) is 0.357. The van der Waals surface area contributed by atoms with Gasteiger partial charge in [0, 0.05) is 0 Å². The lowest BCUT2D eigenvalue weighted by atomic mass is 10.0. The normalized spacial score (nSPS) is 14.6. The van der Waals surface area contributed by atoms with Crippen LogP contribution in [0.25, 0.3) is 0 Å². The van der Waals surface area contributed by atoms with Gasteiger partial charge in [0.15, 0.2) is 0 Å². The van der Waals surface area contributed by atoms with E-state index < -0.39 is 18.0 Å². The maximum atomic E-state index is 13.3. The summed E-state index contributed by atoms with van der Waals surface area (Å²) < 4.78 is 13.3. The van der Waals surface area contributed by atoms with Gasteiger partial charge in [-0.1, -0.05) is 6.07 Å². The molecule has 0 spiro atoms. The third-order valence-electron chi connectivity index (χ3n) is 2.32. The first-order valence-electron chi connectivity index (χ1n) is 4.92. The molecule has 0 saturated carbocycles. The molecule has 0 fully saturated rings. The van der Waals surface area contributed by atoms with Crippen molar-refractivity contribution >= 4 is 5.69 Å². The third-order valence-corrected chi connectivity index (χ3v) is 2.32. The Hall–Kier alpha value is -1.21. The largest absolute Gasteiger partial charge is 0.390 e. The Kier molecular flexibility index (Phi) is 4.63. The first kappa shape index (κ1) is 12.9. The number of hydrazine groups is 1. The molecule has 0 aliphatic heterocycles. The molecule has 2 unspecified atom stereocenters. The smallest absolute Gasteiger partial charge is 0.147 e. The van der Waals surface area contributed by atoms with Gasteiger partial charge in [-0.15, -0.1) is 0 Å². The summed E-state index contributed by atoms with van der Waals surface area (Å²) in [7, 11) is 0. The Balaban J connectivity index is 2.84. The van der Waals surface area contributed by atoms with E-state index in [1.807, 2.05) is 0 Å². The minimum Gasteiger partial charge on any atom is -0.390 e.